The molecule has 0 amide bonds. The maximum atomic E-state index is 12.5. The summed E-state index contributed by atoms with van der Waals surface area (Å²) in [7, 11) is -1.78. The van der Waals surface area contributed by atoms with Crippen LogP contribution in [-0.4, -0.2) is 38.9 Å². The number of nitrogens with zero attached hydrogens (tertiary/aromatic N) is 1. The maximum absolute atomic E-state index is 12.5. The van der Waals surface area contributed by atoms with Crippen LogP contribution in [0.2, 0.25) is 0 Å². The van der Waals surface area contributed by atoms with E-state index in [0.717, 1.165) is 16.8 Å². The number of hydrogen-bond donors (Lipinski definition) is 1. The summed E-state index contributed by atoms with van der Waals surface area (Å²) in [5.74, 6) is 0. The van der Waals surface area contributed by atoms with Crippen LogP contribution < -0.4 is 5.32 Å². The van der Waals surface area contributed by atoms with Crippen molar-refractivity contribution >= 4 is 53.2 Å². The van der Waals surface area contributed by atoms with Crippen molar-refractivity contribution in [3.05, 3.63) is 13.6 Å². The average molecular weight is 432 g/mol. The van der Waals surface area contributed by atoms with Crippen LogP contribution in [0.25, 0.3) is 0 Å². The molecule has 2 rings (SSSR count). The summed E-state index contributed by atoms with van der Waals surface area (Å²) in [4.78, 5) is 0.336. The Morgan fingerprint density at radius 3 is 2.74 bits per heavy atom. The number of nitrogens with one attached hydrogen (secondary N) is 1. The van der Waals surface area contributed by atoms with Gasteiger partial charge in [-0.1, -0.05) is 6.42 Å². The van der Waals surface area contributed by atoms with E-state index in [-0.39, 0.29) is 6.04 Å². The molecule has 1 aromatic heterocycles. The first-order valence-corrected chi connectivity index (χ1v) is 9.90. The Morgan fingerprint density at radius 1 is 1.47 bits per heavy atom. The normalized spacial score (nSPS) is 20.9. The fourth-order valence-electron chi connectivity index (χ4n) is 2.16. The van der Waals surface area contributed by atoms with E-state index >= 15 is 0 Å². The molecule has 108 valence electrons. The van der Waals surface area contributed by atoms with Gasteiger partial charge in [0.1, 0.15) is 4.90 Å². The predicted molar refractivity (Wildman–Crippen MR) is 85.2 cm³/mol. The highest BCUT2D eigenvalue weighted by molar-refractivity contribution is 9.12. The van der Waals surface area contributed by atoms with Crippen molar-refractivity contribution < 1.29 is 8.42 Å². The van der Waals surface area contributed by atoms with Gasteiger partial charge < -0.3 is 5.32 Å². The van der Waals surface area contributed by atoms with Gasteiger partial charge in [-0.3, -0.25) is 0 Å². The van der Waals surface area contributed by atoms with Crippen molar-refractivity contribution in [3.8, 4) is 0 Å². The Balaban J connectivity index is 2.12. The molecule has 1 fully saturated rings. The zero-order valence-electron chi connectivity index (χ0n) is 10.5. The zero-order chi connectivity index (χ0) is 14.0. The number of hydrogen-bond acceptors (Lipinski definition) is 4. The minimum atomic E-state index is -3.42. The second-order valence-electron chi connectivity index (χ2n) is 4.62. The molecule has 0 aliphatic carbocycles. The molecule has 0 spiro atoms. The van der Waals surface area contributed by atoms with Gasteiger partial charge in [0.15, 0.2) is 0 Å². The molecular weight excluding hydrogens is 416 g/mol. The smallest absolute Gasteiger partial charge is 0.244 e. The predicted octanol–water partition coefficient (Wildman–Crippen LogP) is 3.04. The summed E-state index contributed by atoms with van der Waals surface area (Å²) >= 11 is 8.00. The average Bonchev–Trinajstić information content (AvgIpc) is 2.70. The summed E-state index contributed by atoms with van der Waals surface area (Å²) < 4.78 is 27.9. The van der Waals surface area contributed by atoms with Gasteiger partial charge in [-0.15, -0.1) is 11.3 Å². The number of sulfonamides is 1. The van der Waals surface area contributed by atoms with Crippen LogP contribution in [0.4, 0.5) is 0 Å². The van der Waals surface area contributed by atoms with Gasteiger partial charge in [-0.05, 0) is 57.3 Å². The molecule has 1 atom stereocenters. The van der Waals surface area contributed by atoms with Crippen LogP contribution >= 0.6 is 43.2 Å². The molecule has 2 heterocycles. The highest BCUT2D eigenvalue weighted by atomic mass is 79.9. The molecule has 1 unspecified atom stereocenters. The second kappa shape index (κ2) is 6.53. The first-order chi connectivity index (χ1) is 8.91. The Bertz CT molecular complexity index is 539. The van der Waals surface area contributed by atoms with Gasteiger partial charge >= 0.3 is 0 Å². The fourth-order valence-corrected chi connectivity index (χ4v) is 7.13. The van der Waals surface area contributed by atoms with E-state index in [1.165, 1.54) is 28.5 Å². The van der Waals surface area contributed by atoms with Crippen LogP contribution in [-0.2, 0) is 10.0 Å². The van der Waals surface area contributed by atoms with Crippen LogP contribution in [0.3, 0.4) is 0 Å². The molecule has 1 N–H and O–H groups in total. The number of likely N-dealkylation sites (N-methyl/N-ethyl adjacent to an activating group) is 1. The molecule has 1 aliphatic heterocycles. The lowest BCUT2D eigenvalue weighted by Gasteiger charge is -2.27. The first-order valence-electron chi connectivity index (χ1n) is 6.06. The van der Waals surface area contributed by atoms with Gasteiger partial charge in [0.05, 0.1) is 7.57 Å². The van der Waals surface area contributed by atoms with Gasteiger partial charge in [0.2, 0.25) is 10.0 Å². The third-order valence-electron chi connectivity index (χ3n) is 3.20. The van der Waals surface area contributed by atoms with Crippen LogP contribution in [0.5, 0.6) is 0 Å². The Kier molecular flexibility index (Phi) is 5.47. The summed E-state index contributed by atoms with van der Waals surface area (Å²) in [6.45, 7) is 1.49. The topological polar surface area (TPSA) is 49.4 Å². The van der Waals surface area contributed by atoms with Crippen LogP contribution in [0.15, 0.2) is 18.5 Å². The van der Waals surface area contributed by atoms with E-state index in [9.17, 15) is 8.42 Å². The second-order valence-corrected chi connectivity index (χ2v) is 10.4. The number of thiophene rings is 1. The molecule has 1 saturated heterocycles. The Hall–Kier alpha value is 0.530. The van der Waals surface area contributed by atoms with Crippen molar-refractivity contribution in [2.24, 2.45) is 0 Å². The molecular formula is C11H16Br2N2O2S2. The lowest BCUT2D eigenvalue weighted by Crippen LogP contribution is -2.44. The SMILES string of the molecule is CN(CC1CCCCN1)S(=O)(=O)c1cc(Br)sc1Br. The quantitative estimate of drug-likeness (QED) is 0.796. The molecule has 4 nitrogen and oxygen atoms in total. The molecule has 0 bridgehead atoms. The van der Waals surface area contributed by atoms with Gasteiger partial charge in [0.25, 0.3) is 0 Å². The molecule has 1 aromatic rings. The molecule has 1 aliphatic rings. The Labute approximate surface area is 134 Å². The van der Waals surface area contributed by atoms with E-state index in [4.69, 9.17) is 0 Å². The van der Waals surface area contributed by atoms with Crippen LogP contribution in [0.1, 0.15) is 19.3 Å². The van der Waals surface area contributed by atoms with E-state index in [1.807, 2.05) is 0 Å². The third-order valence-corrected chi connectivity index (χ3v) is 7.78. The number of halogens is 2. The highest BCUT2D eigenvalue weighted by Gasteiger charge is 2.27. The van der Waals surface area contributed by atoms with Crippen molar-refractivity contribution in [1.29, 1.82) is 0 Å². The fraction of sp³-hybridized carbons (Fsp3) is 0.636. The lowest BCUT2D eigenvalue weighted by atomic mass is 10.1. The summed E-state index contributed by atoms with van der Waals surface area (Å²) in [5, 5.41) is 3.37. The van der Waals surface area contributed by atoms with Crippen molar-refractivity contribution in [3.63, 3.8) is 0 Å². The van der Waals surface area contributed by atoms with E-state index in [1.54, 1.807) is 13.1 Å². The molecule has 0 aromatic carbocycles. The monoisotopic (exact) mass is 430 g/mol. The summed E-state index contributed by atoms with van der Waals surface area (Å²) in [5.41, 5.74) is 0. The first kappa shape index (κ1) is 15.9. The highest BCUT2D eigenvalue weighted by Crippen LogP contribution is 2.36. The number of rotatable bonds is 4. The lowest BCUT2D eigenvalue weighted by molar-refractivity contribution is 0.337. The zero-order valence-corrected chi connectivity index (χ0v) is 15.3. The van der Waals surface area contributed by atoms with Gasteiger partial charge in [-0.25, -0.2) is 8.42 Å². The minimum Gasteiger partial charge on any atom is -0.313 e. The summed E-state index contributed by atoms with van der Waals surface area (Å²) in [6.07, 6.45) is 3.38. The van der Waals surface area contributed by atoms with Crippen molar-refractivity contribution in [1.82, 2.24) is 9.62 Å². The van der Waals surface area contributed by atoms with E-state index < -0.39 is 10.0 Å². The standard InChI is InChI=1S/C11H16Br2N2O2S2/c1-15(7-8-4-2-3-5-14-8)19(16,17)9-6-10(12)18-11(9)13/h6,8,14H,2-5,7H2,1H3. The third kappa shape index (κ3) is 3.79. The van der Waals surface area contributed by atoms with E-state index in [2.05, 4.69) is 37.2 Å². The molecule has 0 radical (unpaired) electrons. The van der Waals surface area contributed by atoms with Gasteiger partial charge in [-0.2, -0.15) is 4.31 Å². The molecule has 19 heavy (non-hydrogen) atoms. The van der Waals surface area contributed by atoms with Gasteiger partial charge in [0, 0.05) is 19.6 Å². The van der Waals surface area contributed by atoms with Crippen molar-refractivity contribution in [2.45, 2.75) is 30.2 Å². The largest absolute Gasteiger partial charge is 0.313 e. The minimum absolute atomic E-state index is 0.259. The Morgan fingerprint density at radius 2 is 2.21 bits per heavy atom. The van der Waals surface area contributed by atoms with E-state index in [0.29, 0.717) is 15.2 Å². The molecule has 8 heteroatoms. The molecule has 0 saturated carbocycles. The maximum Gasteiger partial charge on any atom is 0.244 e. The van der Waals surface area contributed by atoms with Crippen molar-refractivity contribution in [2.75, 3.05) is 20.1 Å². The number of piperidine rings is 1. The summed E-state index contributed by atoms with van der Waals surface area (Å²) in [6, 6.07) is 1.91. The van der Waals surface area contributed by atoms with Crippen LogP contribution in [0, 0.1) is 0 Å².